The number of pyridine rings is 1. The van der Waals surface area contributed by atoms with Crippen LogP contribution in [0.25, 0.3) is 22.4 Å². The van der Waals surface area contributed by atoms with Gasteiger partial charge in [-0.3, -0.25) is 4.79 Å². The van der Waals surface area contributed by atoms with Crippen molar-refractivity contribution in [3.05, 3.63) is 77.1 Å². The second kappa shape index (κ2) is 7.18. The van der Waals surface area contributed by atoms with E-state index in [0.29, 0.717) is 12.1 Å². The molecule has 1 heterocycles. The molecule has 0 amide bonds. The van der Waals surface area contributed by atoms with Gasteiger partial charge in [-0.05, 0) is 17.5 Å². The van der Waals surface area contributed by atoms with E-state index in [1.165, 1.54) is 0 Å². The van der Waals surface area contributed by atoms with Crippen molar-refractivity contribution in [2.24, 2.45) is 0 Å². The summed E-state index contributed by atoms with van der Waals surface area (Å²) in [7, 11) is 0. The van der Waals surface area contributed by atoms with Crippen molar-refractivity contribution in [1.82, 2.24) is 4.57 Å². The van der Waals surface area contributed by atoms with E-state index in [4.69, 9.17) is 0 Å². The topological polar surface area (TPSA) is 42.2 Å². The van der Waals surface area contributed by atoms with Crippen molar-refractivity contribution in [1.29, 1.82) is 0 Å². The Morgan fingerprint density at radius 2 is 1.50 bits per heavy atom. The summed E-state index contributed by atoms with van der Waals surface area (Å²) in [5.41, 5.74) is 2.65. The molecule has 3 nitrogen and oxygen atoms in total. The Kier molecular flexibility index (Phi) is 4.80. The first kappa shape index (κ1) is 16.1. The summed E-state index contributed by atoms with van der Waals surface area (Å²) in [6.45, 7) is 2.74. The molecule has 2 aromatic carbocycles. The van der Waals surface area contributed by atoms with Gasteiger partial charge in [0, 0.05) is 12.6 Å². The van der Waals surface area contributed by atoms with Crippen LogP contribution >= 0.6 is 0 Å². The molecule has 1 N–H and O–H groups in total. The molecule has 0 unspecified atom stereocenters. The van der Waals surface area contributed by atoms with Gasteiger partial charge in [0.2, 0.25) is 0 Å². The number of unbranched alkanes of at least 4 members (excludes halogenated alkanes) is 1. The van der Waals surface area contributed by atoms with Gasteiger partial charge in [-0.2, -0.15) is 0 Å². The number of hydrogen-bond donors (Lipinski definition) is 1. The van der Waals surface area contributed by atoms with Crippen LogP contribution in [0.5, 0.6) is 5.75 Å². The van der Waals surface area contributed by atoms with Crippen molar-refractivity contribution >= 4 is 0 Å². The number of aromatic nitrogens is 1. The third-order valence-electron chi connectivity index (χ3n) is 4.15. The second-order valence-corrected chi connectivity index (χ2v) is 5.83. The fraction of sp³-hybridized carbons (Fsp3) is 0.190. The van der Waals surface area contributed by atoms with Crippen molar-refractivity contribution in [3.8, 4) is 28.1 Å². The lowest BCUT2D eigenvalue weighted by Crippen LogP contribution is -2.23. The van der Waals surface area contributed by atoms with Gasteiger partial charge >= 0.3 is 0 Å². The molecule has 3 rings (SSSR count). The van der Waals surface area contributed by atoms with Gasteiger partial charge in [-0.1, -0.05) is 74.0 Å². The molecule has 1 aromatic heterocycles. The minimum absolute atomic E-state index is 0.0257. The largest absolute Gasteiger partial charge is 0.507 e. The fourth-order valence-electron chi connectivity index (χ4n) is 2.90. The molecule has 3 aromatic rings. The normalized spacial score (nSPS) is 10.7. The van der Waals surface area contributed by atoms with E-state index < -0.39 is 0 Å². The van der Waals surface area contributed by atoms with E-state index in [-0.39, 0.29) is 11.3 Å². The molecule has 3 heteroatoms. The molecule has 0 atom stereocenters. The lowest BCUT2D eigenvalue weighted by Gasteiger charge is -2.16. The Bertz CT molecular complexity index is 868. The number of hydrogen-bond acceptors (Lipinski definition) is 2. The number of nitrogens with zero attached hydrogens (tertiary/aromatic N) is 1. The monoisotopic (exact) mass is 319 g/mol. The van der Waals surface area contributed by atoms with E-state index in [0.717, 1.165) is 29.7 Å². The maximum Gasteiger partial charge on any atom is 0.262 e. The Labute approximate surface area is 141 Å². The quantitative estimate of drug-likeness (QED) is 0.741. The van der Waals surface area contributed by atoms with Gasteiger partial charge in [0.25, 0.3) is 5.56 Å². The van der Waals surface area contributed by atoms with Crippen LogP contribution in [0.3, 0.4) is 0 Å². The van der Waals surface area contributed by atoms with E-state index in [9.17, 15) is 9.90 Å². The van der Waals surface area contributed by atoms with E-state index in [1.54, 1.807) is 10.6 Å². The highest BCUT2D eigenvalue weighted by Crippen LogP contribution is 2.30. The Balaban J connectivity index is 2.23. The van der Waals surface area contributed by atoms with Gasteiger partial charge in [-0.25, -0.2) is 0 Å². The second-order valence-electron chi connectivity index (χ2n) is 5.83. The molecule has 0 aliphatic rings. The molecule has 0 bridgehead atoms. The number of aromatic hydroxyl groups is 1. The molecule has 0 fully saturated rings. The molecule has 0 aliphatic heterocycles. The zero-order valence-electron chi connectivity index (χ0n) is 13.8. The average molecular weight is 319 g/mol. The van der Waals surface area contributed by atoms with Gasteiger partial charge < -0.3 is 9.67 Å². The van der Waals surface area contributed by atoms with Gasteiger partial charge in [0.05, 0.1) is 11.3 Å². The van der Waals surface area contributed by atoms with Crippen LogP contribution in [0, 0.1) is 0 Å². The highest BCUT2D eigenvalue weighted by molar-refractivity contribution is 5.73. The summed E-state index contributed by atoms with van der Waals surface area (Å²) < 4.78 is 1.78. The zero-order valence-corrected chi connectivity index (χ0v) is 13.8. The first-order valence-corrected chi connectivity index (χ1v) is 8.30. The SMILES string of the molecule is CCCCn1c(-c2ccccc2)cc(O)c(-c2ccccc2)c1=O. The van der Waals surface area contributed by atoms with Crippen LogP contribution in [0.4, 0.5) is 0 Å². The molecule has 0 saturated heterocycles. The third kappa shape index (κ3) is 3.11. The summed E-state index contributed by atoms with van der Waals surface area (Å²) >= 11 is 0. The van der Waals surface area contributed by atoms with Gasteiger partial charge in [0.15, 0.2) is 0 Å². The molecule has 122 valence electrons. The van der Waals surface area contributed by atoms with Crippen LogP contribution in [0.15, 0.2) is 71.5 Å². The van der Waals surface area contributed by atoms with Crippen LogP contribution < -0.4 is 5.56 Å². The molecular formula is C21H21NO2. The molecular weight excluding hydrogens is 298 g/mol. The predicted octanol–water partition coefficient (Wildman–Crippen LogP) is 4.69. The maximum absolute atomic E-state index is 13.1. The number of rotatable bonds is 5. The van der Waals surface area contributed by atoms with Crippen molar-refractivity contribution in [3.63, 3.8) is 0 Å². The smallest absolute Gasteiger partial charge is 0.262 e. The average Bonchev–Trinajstić information content (AvgIpc) is 2.62. The third-order valence-corrected chi connectivity index (χ3v) is 4.15. The Hall–Kier alpha value is -2.81. The summed E-state index contributed by atoms with van der Waals surface area (Å²) in [6.07, 6.45) is 1.92. The minimum atomic E-state index is -0.145. The van der Waals surface area contributed by atoms with Gasteiger partial charge in [-0.15, -0.1) is 0 Å². The molecule has 0 radical (unpaired) electrons. The summed E-state index contributed by atoms with van der Waals surface area (Å²) in [5, 5.41) is 10.5. The maximum atomic E-state index is 13.1. The van der Waals surface area contributed by atoms with E-state index in [2.05, 4.69) is 6.92 Å². The standard InChI is InChI=1S/C21H21NO2/c1-2-3-14-22-18(16-10-6-4-7-11-16)15-19(23)20(21(22)24)17-12-8-5-9-13-17/h4-13,15,23H,2-3,14H2,1H3. The molecule has 0 saturated carbocycles. The minimum Gasteiger partial charge on any atom is -0.507 e. The van der Waals surface area contributed by atoms with Crippen molar-refractivity contribution < 1.29 is 5.11 Å². The summed E-state index contributed by atoms with van der Waals surface area (Å²) in [4.78, 5) is 13.1. The first-order chi connectivity index (χ1) is 11.7. The Morgan fingerprint density at radius 1 is 0.917 bits per heavy atom. The lowest BCUT2D eigenvalue weighted by atomic mass is 10.0. The van der Waals surface area contributed by atoms with Crippen LogP contribution in [-0.4, -0.2) is 9.67 Å². The predicted molar refractivity (Wildman–Crippen MR) is 98.1 cm³/mol. The zero-order chi connectivity index (χ0) is 16.9. The van der Waals surface area contributed by atoms with E-state index in [1.807, 2.05) is 60.7 Å². The van der Waals surface area contributed by atoms with Crippen molar-refractivity contribution in [2.45, 2.75) is 26.3 Å². The molecule has 24 heavy (non-hydrogen) atoms. The molecule has 0 spiro atoms. The highest BCUT2D eigenvalue weighted by atomic mass is 16.3. The number of benzene rings is 2. The highest BCUT2D eigenvalue weighted by Gasteiger charge is 2.16. The molecule has 0 aliphatic carbocycles. The van der Waals surface area contributed by atoms with Crippen LogP contribution in [0.2, 0.25) is 0 Å². The summed E-state index contributed by atoms with van der Waals surface area (Å²) in [5.74, 6) is 0.0257. The van der Waals surface area contributed by atoms with Gasteiger partial charge in [0.1, 0.15) is 5.75 Å². The lowest BCUT2D eigenvalue weighted by molar-refractivity contribution is 0.473. The first-order valence-electron chi connectivity index (χ1n) is 8.30. The van der Waals surface area contributed by atoms with Crippen LogP contribution in [0.1, 0.15) is 19.8 Å². The fourth-order valence-corrected chi connectivity index (χ4v) is 2.90. The van der Waals surface area contributed by atoms with E-state index >= 15 is 0 Å². The Morgan fingerprint density at radius 3 is 2.08 bits per heavy atom. The summed E-state index contributed by atoms with van der Waals surface area (Å²) in [6, 6.07) is 20.8. The van der Waals surface area contributed by atoms with Crippen LogP contribution in [-0.2, 0) is 6.54 Å². The van der Waals surface area contributed by atoms with Crippen molar-refractivity contribution in [2.75, 3.05) is 0 Å².